The third kappa shape index (κ3) is 2.09. The maximum atomic E-state index is 3.61. The number of rotatable bonds is 2. The molecule has 2 rings (SSSR count). The van der Waals surface area contributed by atoms with Gasteiger partial charge in [0.05, 0.1) is 11.4 Å². The van der Waals surface area contributed by atoms with Gasteiger partial charge in [-0.2, -0.15) is 0 Å². The van der Waals surface area contributed by atoms with Crippen molar-refractivity contribution >= 4 is 11.4 Å². The Morgan fingerprint density at radius 2 is 2.20 bits per heavy atom. The van der Waals surface area contributed by atoms with Crippen LogP contribution in [0.3, 0.4) is 0 Å². The van der Waals surface area contributed by atoms with Gasteiger partial charge in [-0.25, -0.2) is 0 Å². The summed E-state index contributed by atoms with van der Waals surface area (Å²) in [7, 11) is 0. The summed E-state index contributed by atoms with van der Waals surface area (Å²) >= 11 is 0. The monoisotopic (exact) mass is 204 g/mol. The quantitative estimate of drug-likeness (QED) is 0.772. The van der Waals surface area contributed by atoms with E-state index in [2.05, 4.69) is 49.6 Å². The first-order chi connectivity index (χ1) is 7.20. The van der Waals surface area contributed by atoms with Gasteiger partial charge in [0.2, 0.25) is 0 Å². The lowest BCUT2D eigenvalue weighted by atomic mass is 9.96. The lowest BCUT2D eigenvalue weighted by Gasteiger charge is -2.32. The second-order valence-electron chi connectivity index (χ2n) is 4.57. The van der Waals surface area contributed by atoms with Crippen molar-refractivity contribution in [2.75, 3.05) is 17.2 Å². The second-order valence-corrected chi connectivity index (χ2v) is 4.57. The van der Waals surface area contributed by atoms with Gasteiger partial charge in [0.15, 0.2) is 0 Å². The standard InChI is InChI=1S/C13H20N2/c1-4-10(3)13-8-14-12-7-9(2)5-6-11(12)15-13/h5-7,10,13-15H,4,8H2,1-3H3. The fraction of sp³-hybridized carbons (Fsp3) is 0.538. The van der Waals surface area contributed by atoms with E-state index in [4.69, 9.17) is 0 Å². The molecule has 0 bridgehead atoms. The summed E-state index contributed by atoms with van der Waals surface area (Å²) < 4.78 is 0. The average Bonchev–Trinajstić information content (AvgIpc) is 2.27. The van der Waals surface area contributed by atoms with Crippen molar-refractivity contribution in [3.8, 4) is 0 Å². The van der Waals surface area contributed by atoms with Crippen LogP contribution in [0, 0.1) is 12.8 Å². The largest absolute Gasteiger partial charge is 0.381 e. The second kappa shape index (κ2) is 4.13. The molecule has 0 saturated heterocycles. The Bertz CT molecular complexity index is 346. The van der Waals surface area contributed by atoms with E-state index in [-0.39, 0.29) is 0 Å². The minimum absolute atomic E-state index is 0.560. The van der Waals surface area contributed by atoms with Crippen LogP contribution in [0.25, 0.3) is 0 Å². The van der Waals surface area contributed by atoms with Crippen LogP contribution in [0.2, 0.25) is 0 Å². The van der Waals surface area contributed by atoms with Gasteiger partial charge in [-0.05, 0) is 30.5 Å². The van der Waals surface area contributed by atoms with Crippen LogP contribution in [-0.2, 0) is 0 Å². The Kier molecular flexibility index (Phi) is 2.85. The number of aryl methyl sites for hydroxylation is 1. The van der Waals surface area contributed by atoms with Gasteiger partial charge in [-0.15, -0.1) is 0 Å². The Morgan fingerprint density at radius 1 is 1.40 bits per heavy atom. The van der Waals surface area contributed by atoms with Crippen molar-refractivity contribution in [3.05, 3.63) is 23.8 Å². The van der Waals surface area contributed by atoms with Gasteiger partial charge in [0.1, 0.15) is 0 Å². The third-order valence-electron chi connectivity index (χ3n) is 3.36. The van der Waals surface area contributed by atoms with Gasteiger partial charge in [-0.1, -0.05) is 26.3 Å². The Hall–Kier alpha value is -1.18. The van der Waals surface area contributed by atoms with Crippen LogP contribution in [0.4, 0.5) is 11.4 Å². The summed E-state index contributed by atoms with van der Waals surface area (Å²) in [4.78, 5) is 0. The van der Waals surface area contributed by atoms with Crippen molar-refractivity contribution in [1.82, 2.24) is 0 Å². The topological polar surface area (TPSA) is 24.1 Å². The number of hydrogen-bond donors (Lipinski definition) is 2. The van der Waals surface area contributed by atoms with Crippen molar-refractivity contribution in [2.45, 2.75) is 33.2 Å². The molecule has 2 heteroatoms. The van der Waals surface area contributed by atoms with Crippen molar-refractivity contribution in [2.24, 2.45) is 5.92 Å². The number of nitrogens with one attached hydrogen (secondary N) is 2. The molecule has 1 aliphatic rings. The summed E-state index contributed by atoms with van der Waals surface area (Å²) in [5.74, 6) is 0.715. The van der Waals surface area contributed by atoms with E-state index in [1.165, 1.54) is 23.4 Å². The van der Waals surface area contributed by atoms with Crippen LogP contribution in [0.15, 0.2) is 18.2 Å². The highest BCUT2D eigenvalue weighted by Crippen LogP contribution is 2.29. The lowest BCUT2D eigenvalue weighted by Crippen LogP contribution is -2.37. The van der Waals surface area contributed by atoms with E-state index in [1.54, 1.807) is 0 Å². The Labute approximate surface area is 92.1 Å². The lowest BCUT2D eigenvalue weighted by molar-refractivity contribution is 0.478. The van der Waals surface area contributed by atoms with Gasteiger partial charge in [0, 0.05) is 12.6 Å². The molecule has 0 amide bonds. The van der Waals surface area contributed by atoms with E-state index in [0.717, 1.165) is 6.54 Å². The SMILES string of the molecule is CCC(C)C1CNc2cc(C)ccc2N1. The fourth-order valence-corrected chi connectivity index (χ4v) is 2.03. The molecule has 2 N–H and O–H groups in total. The van der Waals surface area contributed by atoms with E-state index < -0.39 is 0 Å². The van der Waals surface area contributed by atoms with Crippen molar-refractivity contribution < 1.29 is 0 Å². The molecule has 2 unspecified atom stereocenters. The highest BCUT2D eigenvalue weighted by Gasteiger charge is 2.20. The molecule has 0 aromatic heterocycles. The fourth-order valence-electron chi connectivity index (χ4n) is 2.03. The zero-order valence-electron chi connectivity index (χ0n) is 9.80. The van der Waals surface area contributed by atoms with Crippen LogP contribution in [0.5, 0.6) is 0 Å². The molecule has 1 aromatic rings. The molecule has 0 fully saturated rings. The smallest absolute Gasteiger partial charge is 0.0579 e. The Balaban J connectivity index is 2.16. The summed E-state index contributed by atoms with van der Waals surface area (Å²) in [6.45, 7) is 7.71. The molecule has 0 radical (unpaired) electrons. The van der Waals surface area contributed by atoms with Crippen LogP contribution < -0.4 is 10.6 Å². The molecule has 0 spiro atoms. The van der Waals surface area contributed by atoms with Gasteiger partial charge in [-0.3, -0.25) is 0 Å². The first-order valence-electron chi connectivity index (χ1n) is 5.81. The first kappa shape index (κ1) is 10.3. The summed E-state index contributed by atoms with van der Waals surface area (Å²) in [6.07, 6.45) is 1.22. The van der Waals surface area contributed by atoms with Crippen molar-refractivity contribution in [3.63, 3.8) is 0 Å². The highest BCUT2D eigenvalue weighted by atomic mass is 15.1. The first-order valence-corrected chi connectivity index (χ1v) is 5.81. The maximum Gasteiger partial charge on any atom is 0.0579 e. The average molecular weight is 204 g/mol. The predicted molar refractivity (Wildman–Crippen MR) is 66.5 cm³/mol. The number of fused-ring (bicyclic) bond motifs is 1. The van der Waals surface area contributed by atoms with Gasteiger partial charge >= 0.3 is 0 Å². The van der Waals surface area contributed by atoms with Crippen LogP contribution in [-0.4, -0.2) is 12.6 Å². The molecule has 0 aliphatic carbocycles. The van der Waals surface area contributed by atoms with E-state index in [9.17, 15) is 0 Å². The number of hydrogen-bond acceptors (Lipinski definition) is 2. The molecular weight excluding hydrogens is 184 g/mol. The zero-order valence-corrected chi connectivity index (χ0v) is 9.80. The molecule has 1 aromatic carbocycles. The molecule has 15 heavy (non-hydrogen) atoms. The minimum Gasteiger partial charge on any atom is -0.381 e. The van der Waals surface area contributed by atoms with Crippen molar-refractivity contribution in [1.29, 1.82) is 0 Å². The van der Waals surface area contributed by atoms with E-state index in [0.29, 0.717) is 12.0 Å². The molecular formula is C13H20N2. The summed E-state index contributed by atoms with van der Waals surface area (Å²) in [6, 6.07) is 7.10. The number of benzene rings is 1. The normalized spacial score (nSPS) is 21.1. The molecule has 2 atom stereocenters. The summed E-state index contributed by atoms with van der Waals surface area (Å²) in [5, 5.41) is 7.12. The Morgan fingerprint density at radius 3 is 2.93 bits per heavy atom. The molecule has 1 aliphatic heterocycles. The van der Waals surface area contributed by atoms with E-state index in [1.807, 2.05) is 0 Å². The summed E-state index contributed by atoms with van der Waals surface area (Å²) in [5.41, 5.74) is 3.80. The number of anilines is 2. The predicted octanol–water partition coefficient (Wildman–Crippen LogP) is 3.25. The maximum absolute atomic E-state index is 3.61. The molecule has 1 heterocycles. The minimum atomic E-state index is 0.560. The van der Waals surface area contributed by atoms with Gasteiger partial charge < -0.3 is 10.6 Å². The van der Waals surface area contributed by atoms with E-state index >= 15 is 0 Å². The van der Waals surface area contributed by atoms with Crippen LogP contribution in [0.1, 0.15) is 25.8 Å². The molecule has 0 saturated carbocycles. The molecule has 82 valence electrons. The molecule has 2 nitrogen and oxygen atoms in total. The third-order valence-corrected chi connectivity index (χ3v) is 3.36. The van der Waals surface area contributed by atoms with Gasteiger partial charge in [0.25, 0.3) is 0 Å². The highest BCUT2D eigenvalue weighted by molar-refractivity contribution is 5.72. The van der Waals surface area contributed by atoms with Crippen LogP contribution >= 0.6 is 0 Å². The zero-order chi connectivity index (χ0) is 10.8.